The summed E-state index contributed by atoms with van der Waals surface area (Å²) >= 11 is 0. The molecule has 4 nitrogen and oxygen atoms in total. The fourth-order valence-corrected chi connectivity index (χ4v) is 2.06. The smallest absolute Gasteiger partial charge is 0.272 e. The molecular formula is C15H13N3O. The van der Waals surface area contributed by atoms with E-state index >= 15 is 0 Å². The molecule has 0 unspecified atom stereocenters. The third-order valence-electron chi connectivity index (χ3n) is 3.05. The second-order valence-corrected chi connectivity index (χ2v) is 4.41. The standard InChI is InChI=1S/C15H13N3O/c1-10-3-2-4-11-9-13(18-14(10)11)15(19)17-12-5-7-16-8-6-12/h2-9,18H,1H3,(H,16,17,19). The first-order valence-electron chi connectivity index (χ1n) is 6.04. The van der Waals surface area contributed by atoms with E-state index in [1.54, 1.807) is 24.5 Å². The van der Waals surface area contributed by atoms with E-state index in [0.29, 0.717) is 5.69 Å². The molecule has 94 valence electrons. The fraction of sp³-hybridized carbons (Fsp3) is 0.0667. The molecule has 0 spiro atoms. The summed E-state index contributed by atoms with van der Waals surface area (Å²) in [5.74, 6) is -0.151. The van der Waals surface area contributed by atoms with Crippen molar-refractivity contribution in [3.63, 3.8) is 0 Å². The van der Waals surface area contributed by atoms with Crippen molar-refractivity contribution in [1.29, 1.82) is 0 Å². The van der Waals surface area contributed by atoms with Gasteiger partial charge in [0.25, 0.3) is 5.91 Å². The van der Waals surface area contributed by atoms with Crippen LogP contribution >= 0.6 is 0 Å². The third kappa shape index (κ3) is 2.20. The maximum Gasteiger partial charge on any atom is 0.272 e. The Hall–Kier alpha value is -2.62. The van der Waals surface area contributed by atoms with Gasteiger partial charge in [0.15, 0.2) is 0 Å². The van der Waals surface area contributed by atoms with E-state index in [4.69, 9.17) is 0 Å². The molecule has 0 aliphatic rings. The van der Waals surface area contributed by atoms with Crippen molar-refractivity contribution < 1.29 is 4.79 Å². The number of H-pyrrole nitrogens is 1. The van der Waals surface area contributed by atoms with E-state index in [1.807, 2.05) is 31.2 Å². The minimum Gasteiger partial charge on any atom is -0.350 e. The van der Waals surface area contributed by atoms with Crippen molar-refractivity contribution in [2.24, 2.45) is 0 Å². The van der Waals surface area contributed by atoms with Crippen molar-refractivity contribution in [2.45, 2.75) is 6.92 Å². The predicted molar refractivity (Wildman–Crippen MR) is 75.2 cm³/mol. The summed E-state index contributed by atoms with van der Waals surface area (Å²) in [4.78, 5) is 19.2. The van der Waals surface area contributed by atoms with Crippen LogP contribution in [0.4, 0.5) is 5.69 Å². The summed E-state index contributed by atoms with van der Waals surface area (Å²) in [6, 6.07) is 11.4. The highest BCUT2D eigenvalue weighted by atomic mass is 16.1. The zero-order valence-corrected chi connectivity index (χ0v) is 10.5. The maximum absolute atomic E-state index is 12.1. The van der Waals surface area contributed by atoms with Crippen molar-refractivity contribution in [3.8, 4) is 0 Å². The van der Waals surface area contributed by atoms with Crippen LogP contribution in [0.1, 0.15) is 16.1 Å². The van der Waals surface area contributed by atoms with Gasteiger partial charge in [0.2, 0.25) is 0 Å². The number of carbonyl (C=O) groups is 1. The van der Waals surface area contributed by atoms with E-state index in [9.17, 15) is 4.79 Å². The number of hydrogen-bond donors (Lipinski definition) is 2. The normalized spacial score (nSPS) is 10.6. The van der Waals surface area contributed by atoms with Crippen molar-refractivity contribution in [2.75, 3.05) is 5.32 Å². The number of benzene rings is 1. The molecule has 1 aromatic carbocycles. The highest BCUT2D eigenvalue weighted by Gasteiger charge is 2.10. The van der Waals surface area contributed by atoms with Gasteiger partial charge in [-0.3, -0.25) is 9.78 Å². The summed E-state index contributed by atoms with van der Waals surface area (Å²) in [6.07, 6.45) is 3.29. The van der Waals surface area contributed by atoms with Crippen LogP contribution < -0.4 is 5.32 Å². The fourth-order valence-electron chi connectivity index (χ4n) is 2.06. The van der Waals surface area contributed by atoms with E-state index in [2.05, 4.69) is 15.3 Å². The number of hydrogen-bond acceptors (Lipinski definition) is 2. The molecule has 4 heteroatoms. The zero-order chi connectivity index (χ0) is 13.2. The van der Waals surface area contributed by atoms with Gasteiger partial charge < -0.3 is 10.3 Å². The first-order chi connectivity index (χ1) is 9.24. The molecule has 1 amide bonds. The molecule has 3 aromatic rings. The van der Waals surface area contributed by atoms with Crippen LogP contribution in [0.2, 0.25) is 0 Å². The highest BCUT2D eigenvalue weighted by Crippen LogP contribution is 2.19. The summed E-state index contributed by atoms with van der Waals surface area (Å²) in [5, 5.41) is 3.87. The van der Waals surface area contributed by atoms with Gasteiger partial charge in [-0.05, 0) is 30.7 Å². The summed E-state index contributed by atoms with van der Waals surface area (Å²) < 4.78 is 0. The monoisotopic (exact) mass is 251 g/mol. The number of para-hydroxylation sites is 1. The molecule has 0 fully saturated rings. The second kappa shape index (κ2) is 4.57. The number of carbonyl (C=O) groups excluding carboxylic acids is 1. The molecule has 0 radical (unpaired) electrons. The number of aromatic amines is 1. The first-order valence-corrected chi connectivity index (χ1v) is 6.04. The Kier molecular flexibility index (Phi) is 2.76. The quantitative estimate of drug-likeness (QED) is 0.735. The molecule has 3 rings (SSSR count). The molecular weight excluding hydrogens is 238 g/mol. The number of anilines is 1. The average Bonchev–Trinajstić information content (AvgIpc) is 2.85. The minimum atomic E-state index is -0.151. The average molecular weight is 251 g/mol. The minimum absolute atomic E-state index is 0.151. The summed E-state index contributed by atoms with van der Waals surface area (Å²) in [7, 11) is 0. The molecule has 0 saturated heterocycles. The Bertz CT molecular complexity index is 731. The van der Waals surface area contributed by atoms with E-state index < -0.39 is 0 Å². The Labute approximate surface area is 110 Å². The number of aromatic nitrogens is 2. The number of pyridine rings is 1. The molecule has 2 N–H and O–H groups in total. The lowest BCUT2D eigenvalue weighted by Gasteiger charge is -2.02. The van der Waals surface area contributed by atoms with Gasteiger partial charge in [-0.1, -0.05) is 18.2 Å². The second-order valence-electron chi connectivity index (χ2n) is 4.41. The van der Waals surface area contributed by atoms with Crippen LogP contribution in [0.5, 0.6) is 0 Å². The van der Waals surface area contributed by atoms with Crippen LogP contribution in [0.25, 0.3) is 10.9 Å². The van der Waals surface area contributed by atoms with Gasteiger partial charge >= 0.3 is 0 Å². The van der Waals surface area contributed by atoms with E-state index in [0.717, 1.165) is 22.2 Å². The SMILES string of the molecule is Cc1cccc2cc(C(=O)Nc3ccncc3)[nH]c12. The number of fused-ring (bicyclic) bond motifs is 1. The number of nitrogens with one attached hydrogen (secondary N) is 2. The molecule has 0 aliphatic heterocycles. The highest BCUT2D eigenvalue weighted by molar-refractivity contribution is 6.06. The van der Waals surface area contributed by atoms with Gasteiger partial charge in [-0.25, -0.2) is 0 Å². The maximum atomic E-state index is 12.1. The number of aryl methyl sites for hydroxylation is 1. The van der Waals surface area contributed by atoms with Crippen LogP contribution in [0.15, 0.2) is 48.8 Å². The van der Waals surface area contributed by atoms with Crippen molar-refractivity contribution in [3.05, 3.63) is 60.0 Å². The van der Waals surface area contributed by atoms with Crippen molar-refractivity contribution in [1.82, 2.24) is 9.97 Å². The summed E-state index contributed by atoms with van der Waals surface area (Å²) in [6.45, 7) is 2.02. The number of nitrogens with zero attached hydrogens (tertiary/aromatic N) is 1. The van der Waals surface area contributed by atoms with Gasteiger partial charge in [0.05, 0.1) is 0 Å². The Balaban J connectivity index is 1.92. The van der Waals surface area contributed by atoms with Crippen molar-refractivity contribution >= 4 is 22.5 Å². The van der Waals surface area contributed by atoms with Crippen LogP contribution in [-0.2, 0) is 0 Å². The Morgan fingerprint density at radius 1 is 1.21 bits per heavy atom. The van der Waals surface area contributed by atoms with Gasteiger partial charge in [0.1, 0.15) is 5.69 Å². The van der Waals surface area contributed by atoms with Gasteiger partial charge in [0, 0.05) is 29.0 Å². The Morgan fingerprint density at radius 3 is 2.74 bits per heavy atom. The number of amides is 1. The van der Waals surface area contributed by atoms with Crippen LogP contribution in [0.3, 0.4) is 0 Å². The lowest BCUT2D eigenvalue weighted by Crippen LogP contribution is -2.12. The lowest BCUT2D eigenvalue weighted by molar-refractivity contribution is 0.102. The van der Waals surface area contributed by atoms with Crippen LogP contribution in [-0.4, -0.2) is 15.9 Å². The van der Waals surface area contributed by atoms with E-state index in [1.165, 1.54) is 0 Å². The van der Waals surface area contributed by atoms with Gasteiger partial charge in [-0.15, -0.1) is 0 Å². The molecule has 0 bridgehead atoms. The Morgan fingerprint density at radius 2 is 2.00 bits per heavy atom. The molecule has 0 aliphatic carbocycles. The molecule has 0 saturated carbocycles. The number of rotatable bonds is 2. The topological polar surface area (TPSA) is 57.8 Å². The third-order valence-corrected chi connectivity index (χ3v) is 3.05. The van der Waals surface area contributed by atoms with E-state index in [-0.39, 0.29) is 5.91 Å². The largest absolute Gasteiger partial charge is 0.350 e. The molecule has 0 atom stereocenters. The molecule has 2 heterocycles. The predicted octanol–water partition coefficient (Wildman–Crippen LogP) is 3.12. The zero-order valence-electron chi connectivity index (χ0n) is 10.5. The molecule has 19 heavy (non-hydrogen) atoms. The lowest BCUT2D eigenvalue weighted by atomic mass is 10.2. The van der Waals surface area contributed by atoms with Gasteiger partial charge in [-0.2, -0.15) is 0 Å². The molecule has 2 aromatic heterocycles. The van der Waals surface area contributed by atoms with Crippen LogP contribution in [0, 0.1) is 6.92 Å². The first kappa shape index (κ1) is 11.5. The summed E-state index contributed by atoms with van der Waals surface area (Å²) in [5.41, 5.74) is 3.42.